The molecule has 4 nitrogen and oxygen atoms in total. The second-order valence-electron chi connectivity index (χ2n) is 5.64. The van der Waals surface area contributed by atoms with Gasteiger partial charge in [0.1, 0.15) is 0 Å². The zero-order valence-electron chi connectivity index (χ0n) is 12.8. The van der Waals surface area contributed by atoms with Gasteiger partial charge in [0.25, 0.3) is 5.91 Å². The Morgan fingerprint density at radius 2 is 2.10 bits per heavy atom. The minimum Gasteiger partial charge on any atom is -0.334 e. The normalized spacial score (nSPS) is 17.7. The molecule has 1 heterocycles. The first-order valence-corrected chi connectivity index (χ1v) is 7.36. The lowest BCUT2D eigenvalue weighted by Gasteiger charge is -2.27. The highest BCUT2D eigenvalue weighted by molar-refractivity contribution is 5.94. The average molecular weight is 285 g/mol. The molecule has 1 amide bonds. The van der Waals surface area contributed by atoms with E-state index < -0.39 is 0 Å². The highest BCUT2D eigenvalue weighted by atomic mass is 16.2. The summed E-state index contributed by atoms with van der Waals surface area (Å²) in [5.41, 5.74) is 6.98. The number of amides is 1. The van der Waals surface area contributed by atoms with Crippen LogP contribution in [-0.4, -0.2) is 55.5 Å². The Balaban J connectivity index is 2.08. The summed E-state index contributed by atoms with van der Waals surface area (Å²) in [6.07, 6.45) is 2.17. The van der Waals surface area contributed by atoms with E-state index in [2.05, 4.69) is 16.7 Å². The number of benzene rings is 1. The van der Waals surface area contributed by atoms with Gasteiger partial charge in [0.2, 0.25) is 0 Å². The van der Waals surface area contributed by atoms with E-state index in [4.69, 9.17) is 5.73 Å². The number of hydrogen-bond acceptors (Lipinski definition) is 3. The fourth-order valence-corrected chi connectivity index (χ4v) is 2.73. The van der Waals surface area contributed by atoms with E-state index in [1.807, 2.05) is 43.3 Å². The van der Waals surface area contributed by atoms with Gasteiger partial charge in [0, 0.05) is 30.3 Å². The molecule has 1 fully saturated rings. The van der Waals surface area contributed by atoms with Crippen molar-refractivity contribution in [3.8, 4) is 11.8 Å². The summed E-state index contributed by atoms with van der Waals surface area (Å²) in [4.78, 5) is 16.8. The molecule has 21 heavy (non-hydrogen) atoms. The molecule has 0 radical (unpaired) electrons. The van der Waals surface area contributed by atoms with E-state index in [1.165, 1.54) is 0 Å². The summed E-state index contributed by atoms with van der Waals surface area (Å²) in [5.74, 6) is 5.91. The number of likely N-dealkylation sites (N-methyl/N-ethyl adjacent to an activating group) is 1. The van der Waals surface area contributed by atoms with Crippen molar-refractivity contribution in [3.63, 3.8) is 0 Å². The fraction of sp³-hybridized carbons (Fsp3) is 0.471. The molecule has 0 aliphatic carbocycles. The Morgan fingerprint density at radius 1 is 1.38 bits per heavy atom. The van der Waals surface area contributed by atoms with Gasteiger partial charge in [-0.1, -0.05) is 11.8 Å². The predicted molar refractivity (Wildman–Crippen MR) is 85.0 cm³/mol. The van der Waals surface area contributed by atoms with Crippen molar-refractivity contribution in [1.29, 1.82) is 0 Å². The molecule has 112 valence electrons. The molecule has 1 saturated heterocycles. The molecule has 4 heteroatoms. The number of hydrogen-bond donors (Lipinski definition) is 1. The molecular weight excluding hydrogens is 262 g/mol. The molecule has 1 aromatic carbocycles. The molecule has 1 unspecified atom stereocenters. The molecule has 1 aromatic rings. The largest absolute Gasteiger partial charge is 0.334 e. The number of carbonyl (C=O) groups is 1. The Morgan fingerprint density at radius 3 is 2.71 bits per heavy atom. The highest BCUT2D eigenvalue weighted by Gasteiger charge is 2.29. The lowest BCUT2D eigenvalue weighted by atomic mass is 10.1. The van der Waals surface area contributed by atoms with Crippen LogP contribution in [0.5, 0.6) is 0 Å². The van der Waals surface area contributed by atoms with Crippen LogP contribution in [0.25, 0.3) is 0 Å². The summed E-state index contributed by atoms with van der Waals surface area (Å²) in [6, 6.07) is 7.80. The van der Waals surface area contributed by atoms with Gasteiger partial charge >= 0.3 is 0 Å². The molecule has 1 aliphatic heterocycles. The molecule has 0 aromatic heterocycles. The number of nitrogens with two attached hydrogens (primary N) is 1. The third-order valence-corrected chi connectivity index (χ3v) is 3.68. The van der Waals surface area contributed by atoms with Crippen LogP contribution in [0.4, 0.5) is 0 Å². The highest BCUT2D eigenvalue weighted by Crippen LogP contribution is 2.20. The maximum Gasteiger partial charge on any atom is 0.254 e. The van der Waals surface area contributed by atoms with Crippen LogP contribution in [0.1, 0.15) is 28.8 Å². The fourth-order valence-electron chi connectivity index (χ4n) is 2.73. The van der Waals surface area contributed by atoms with Crippen LogP contribution in [0.2, 0.25) is 0 Å². The molecule has 2 rings (SSSR count). The van der Waals surface area contributed by atoms with E-state index in [-0.39, 0.29) is 5.91 Å². The van der Waals surface area contributed by atoms with E-state index in [0.29, 0.717) is 12.6 Å². The van der Waals surface area contributed by atoms with Crippen LogP contribution in [0, 0.1) is 11.8 Å². The topological polar surface area (TPSA) is 49.6 Å². The Kier molecular flexibility index (Phi) is 5.38. The monoisotopic (exact) mass is 285 g/mol. The van der Waals surface area contributed by atoms with Gasteiger partial charge in [0.15, 0.2) is 0 Å². The van der Waals surface area contributed by atoms with E-state index in [9.17, 15) is 4.79 Å². The third-order valence-electron chi connectivity index (χ3n) is 3.68. The summed E-state index contributed by atoms with van der Waals surface area (Å²) in [7, 11) is 4.10. The standard InChI is InChI=1S/C17H23N3O/c1-19(2)13-16-6-4-12-20(16)17(21)15-9-7-14(8-10-15)5-3-11-18/h7-10,16H,4,6,11-13,18H2,1-2H3. The lowest BCUT2D eigenvalue weighted by Crippen LogP contribution is -2.41. The first-order valence-electron chi connectivity index (χ1n) is 7.36. The van der Waals surface area contributed by atoms with Gasteiger partial charge in [-0.15, -0.1) is 0 Å². The van der Waals surface area contributed by atoms with Gasteiger partial charge in [-0.3, -0.25) is 4.79 Å². The molecule has 1 atom stereocenters. The van der Waals surface area contributed by atoms with Crippen LogP contribution in [0.3, 0.4) is 0 Å². The van der Waals surface area contributed by atoms with Crippen molar-refractivity contribution >= 4 is 5.91 Å². The van der Waals surface area contributed by atoms with Crippen LogP contribution in [-0.2, 0) is 0 Å². The summed E-state index contributed by atoms with van der Waals surface area (Å²) >= 11 is 0. The van der Waals surface area contributed by atoms with Gasteiger partial charge in [0.05, 0.1) is 6.54 Å². The smallest absolute Gasteiger partial charge is 0.254 e. The quantitative estimate of drug-likeness (QED) is 0.848. The SMILES string of the molecule is CN(C)CC1CCCN1C(=O)c1ccc(C#CCN)cc1. The van der Waals surface area contributed by atoms with Crippen molar-refractivity contribution in [2.75, 3.05) is 33.7 Å². The first-order chi connectivity index (χ1) is 10.1. The van der Waals surface area contributed by atoms with Crippen molar-refractivity contribution in [2.45, 2.75) is 18.9 Å². The van der Waals surface area contributed by atoms with Gasteiger partial charge in [-0.25, -0.2) is 0 Å². The van der Waals surface area contributed by atoms with Gasteiger partial charge in [-0.05, 0) is 51.2 Å². The van der Waals surface area contributed by atoms with Crippen molar-refractivity contribution in [2.24, 2.45) is 5.73 Å². The zero-order chi connectivity index (χ0) is 15.2. The maximum absolute atomic E-state index is 12.6. The Labute approximate surface area is 126 Å². The van der Waals surface area contributed by atoms with Crippen molar-refractivity contribution < 1.29 is 4.79 Å². The molecule has 0 spiro atoms. The summed E-state index contributed by atoms with van der Waals surface area (Å²) in [6.45, 7) is 2.12. The summed E-state index contributed by atoms with van der Waals surface area (Å²) < 4.78 is 0. The van der Waals surface area contributed by atoms with E-state index in [0.717, 1.165) is 37.1 Å². The minimum atomic E-state index is 0.123. The second kappa shape index (κ2) is 7.26. The molecule has 1 aliphatic rings. The maximum atomic E-state index is 12.6. The number of rotatable bonds is 3. The number of carbonyl (C=O) groups excluding carboxylic acids is 1. The van der Waals surface area contributed by atoms with Gasteiger partial charge in [-0.2, -0.15) is 0 Å². The molecular formula is C17H23N3O. The first kappa shape index (κ1) is 15.6. The lowest BCUT2D eigenvalue weighted by molar-refractivity contribution is 0.0716. The van der Waals surface area contributed by atoms with Crippen molar-refractivity contribution in [3.05, 3.63) is 35.4 Å². The second-order valence-corrected chi connectivity index (χ2v) is 5.64. The van der Waals surface area contributed by atoms with E-state index >= 15 is 0 Å². The average Bonchev–Trinajstić information content (AvgIpc) is 2.92. The molecule has 2 N–H and O–H groups in total. The molecule has 0 saturated carbocycles. The Hall–Kier alpha value is -1.83. The van der Waals surface area contributed by atoms with Crippen LogP contribution in [0.15, 0.2) is 24.3 Å². The van der Waals surface area contributed by atoms with Crippen LogP contribution >= 0.6 is 0 Å². The van der Waals surface area contributed by atoms with Crippen LogP contribution < -0.4 is 5.73 Å². The zero-order valence-corrected chi connectivity index (χ0v) is 12.8. The number of likely N-dealkylation sites (tertiary alicyclic amines) is 1. The minimum absolute atomic E-state index is 0.123. The number of nitrogens with zero attached hydrogens (tertiary/aromatic N) is 2. The predicted octanol–water partition coefficient (Wildman–Crippen LogP) is 1.16. The Bertz CT molecular complexity index is 539. The summed E-state index contributed by atoms with van der Waals surface area (Å²) in [5, 5.41) is 0. The third kappa shape index (κ3) is 4.07. The van der Waals surface area contributed by atoms with Crippen molar-refractivity contribution in [1.82, 2.24) is 9.80 Å². The molecule has 0 bridgehead atoms. The van der Waals surface area contributed by atoms with E-state index in [1.54, 1.807) is 0 Å². The van der Waals surface area contributed by atoms with Gasteiger partial charge < -0.3 is 15.5 Å².